The lowest BCUT2D eigenvalue weighted by Crippen LogP contribution is -2.36. The molecule has 0 unspecified atom stereocenters. The second-order valence-electron chi connectivity index (χ2n) is 8.29. The van der Waals surface area contributed by atoms with E-state index in [2.05, 4.69) is 41.2 Å². The highest BCUT2D eigenvalue weighted by molar-refractivity contribution is 5.92. The highest BCUT2D eigenvalue weighted by atomic mass is 16.5. The van der Waals surface area contributed by atoms with E-state index >= 15 is 0 Å². The summed E-state index contributed by atoms with van der Waals surface area (Å²) in [6, 6.07) is 4.50. The summed E-state index contributed by atoms with van der Waals surface area (Å²) >= 11 is 0. The van der Waals surface area contributed by atoms with Gasteiger partial charge in [0.15, 0.2) is 5.69 Å². The summed E-state index contributed by atoms with van der Waals surface area (Å²) < 4.78 is 7.35. The van der Waals surface area contributed by atoms with Crippen LogP contribution in [0.4, 0.5) is 0 Å². The first-order valence-corrected chi connectivity index (χ1v) is 10.6. The van der Waals surface area contributed by atoms with Crippen molar-refractivity contribution in [3.8, 4) is 5.75 Å². The van der Waals surface area contributed by atoms with Gasteiger partial charge in [0.05, 0.1) is 19.3 Å². The van der Waals surface area contributed by atoms with Crippen molar-refractivity contribution in [2.45, 2.75) is 52.1 Å². The van der Waals surface area contributed by atoms with Gasteiger partial charge in [0, 0.05) is 26.2 Å². The molecule has 2 aromatic rings. The third-order valence-electron chi connectivity index (χ3n) is 6.44. The van der Waals surface area contributed by atoms with Crippen LogP contribution in [0.3, 0.4) is 0 Å². The topological polar surface area (TPSA) is 63.5 Å². The molecule has 1 aromatic carbocycles. The molecule has 1 atom stereocenters. The van der Waals surface area contributed by atoms with Gasteiger partial charge in [-0.1, -0.05) is 11.3 Å². The monoisotopic (exact) mass is 397 g/mol. The number of carbonyl (C=O) groups excluding carboxylic acids is 1. The number of rotatable bonds is 5. The Labute approximate surface area is 172 Å². The van der Waals surface area contributed by atoms with Crippen LogP contribution in [0.2, 0.25) is 0 Å². The number of piperidine rings is 1. The van der Waals surface area contributed by atoms with Crippen LogP contribution in [0.1, 0.15) is 58.9 Å². The van der Waals surface area contributed by atoms with Crippen molar-refractivity contribution in [3.63, 3.8) is 0 Å². The zero-order chi connectivity index (χ0) is 20.4. The molecule has 1 aromatic heterocycles. The summed E-state index contributed by atoms with van der Waals surface area (Å²) in [6.45, 7) is 8.88. The lowest BCUT2D eigenvalue weighted by molar-refractivity contribution is 0.0787. The number of aromatic nitrogens is 3. The van der Waals surface area contributed by atoms with Crippen LogP contribution in [0.5, 0.6) is 5.75 Å². The number of nitrogens with zero attached hydrogens (tertiary/aromatic N) is 5. The number of methoxy groups -OCH3 is 1. The molecule has 2 fully saturated rings. The highest BCUT2D eigenvalue weighted by Crippen LogP contribution is 2.27. The molecule has 0 spiro atoms. The van der Waals surface area contributed by atoms with E-state index in [4.69, 9.17) is 4.74 Å². The molecule has 7 nitrogen and oxygen atoms in total. The van der Waals surface area contributed by atoms with E-state index in [-0.39, 0.29) is 11.9 Å². The first-order valence-electron chi connectivity index (χ1n) is 10.6. The van der Waals surface area contributed by atoms with Crippen LogP contribution in [0.25, 0.3) is 0 Å². The number of hydrogen-bond donors (Lipinski definition) is 0. The van der Waals surface area contributed by atoms with E-state index in [0.717, 1.165) is 64.2 Å². The van der Waals surface area contributed by atoms with E-state index in [0.29, 0.717) is 5.69 Å². The van der Waals surface area contributed by atoms with E-state index in [1.807, 2.05) is 15.8 Å². The van der Waals surface area contributed by atoms with Crippen molar-refractivity contribution in [3.05, 3.63) is 40.7 Å². The average molecular weight is 398 g/mol. The Morgan fingerprint density at radius 2 is 1.93 bits per heavy atom. The molecule has 2 aliphatic rings. The lowest BCUT2D eigenvalue weighted by Gasteiger charge is -2.33. The van der Waals surface area contributed by atoms with Crippen molar-refractivity contribution in [2.24, 2.45) is 0 Å². The fraction of sp³-hybridized carbons (Fsp3) is 0.591. The fourth-order valence-corrected chi connectivity index (χ4v) is 4.51. The Morgan fingerprint density at radius 3 is 2.69 bits per heavy atom. The standard InChI is InChI=1S/C22H31N5O2/c1-16-17(2)21(29-3)9-8-18(16)13-25-10-6-7-19(14-25)27-15-20(23-24-27)22(28)26-11-4-5-12-26/h8-9,15,19H,4-7,10-14H2,1-3H3/t19-/m1/s1. The van der Waals surface area contributed by atoms with Gasteiger partial charge < -0.3 is 9.64 Å². The molecule has 0 N–H and O–H groups in total. The predicted octanol–water partition coefficient (Wildman–Crippen LogP) is 2.98. The number of benzene rings is 1. The normalized spacial score (nSPS) is 20.2. The molecule has 7 heteroatoms. The van der Waals surface area contributed by atoms with E-state index in [1.54, 1.807) is 7.11 Å². The first kappa shape index (κ1) is 19.9. The van der Waals surface area contributed by atoms with Gasteiger partial charge in [0.25, 0.3) is 5.91 Å². The lowest BCUT2D eigenvalue weighted by atomic mass is 10.00. The summed E-state index contributed by atoms with van der Waals surface area (Å²) in [7, 11) is 1.72. The highest BCUT2D eigenvalue weighted by Gasteiger charge is 2.26. The summed E-state index contributed by atoms with van der Waals surface area (Å²) in [4.78, 5) is 16.9. The Bertz CT molecular complexity index is 872. The number of carbonyl (C=O) groups is 1. The third kappa shape index (κ3) is 4.15. The molecule has 2 aliphatic heterocycles. The van der Waals surface area contributed by atoms with Gasteiger partial charge in [-0.05, 0) is 68.8 Å². The molecule has 0 aliphatic carbocycles. The smallest absolute Gasteiger partial charge is 0.276 e. The van der Waals surface area contributed by atoms with Gasteiger partial charge >= 0.3 is 0 Å². The van der Waals surface area contributed by atoms with Crippen molar-refractivity contribution in [1.29, 1.82) is 0 Å². The largest absolute Gasteiger partial charge is 0.496 e. The zero-order valence-corrected chi connectivity index (χ0v) is 17.7. The van der Waals surface area contributed by atoms with Gasteiger partial charge in [-0.25, -0.2) is 4.68 Å². The SMILES string of the molecule is COc1ccc(CN2CCC[C@@H](n3cc(C(=O)N4CCCC4)nn3)C2)c(C)c1C. The van der Waals surface area contributed by atoms with Crippen LogP contribution in [0.15, 0.2) is 18.3 Å². The first-order chi connectivity index (χ1) is 14.1. The number of hydrogen-bond acceptors (Lipinski definition) is 5. The van der Waals surface area contributed by atoms with Crippen LogP contribution < -0.4 is 4.74 Å². The zero-order valence-electron chi connectivity index (χ0n) is 17.7. The van der Waals surface area contributed by atoms with Gasteiger partial charge in [0.2, 0.25) is 0 Å². The fourth-order valence-electron chi connectivity index (χ4n) is 4.51. The van der Waals surface area contributed by atoms with Gasteiger partial charge in [-0.15, -0.1) is 5.10 Å². The molecule has 1 amide bonds. The van der Waals surface area contributed by atoms with Crippen molar-refractivity contribution in [1.82, 2.24) is 24.8 Å². The number of amides is 1. The predicted molar refractivity (Wildman–Crippen MR) is 111 cm³/mol. The molecule has 0 bridgehead atoms. The minimum atomic E-state index is 0.0192. The maximum absolute atomic E-state index is 12.6. The Balaban J connectivity index is 1.42. The van der Waals surface area contributed by atoms with Crippen LogP contribution >= 0.6 is 0 Å². The molecular formula is C22H31N5O2. The second kappa shape index (κ2) is 8.53. The summed E-state index contributed by atoms with van der Waals surface area (Å²) in [5.74, 6) is 0.964. The Kier molecular flexibility index (Phi) is 5.85. The van der Waals surface area contributed by atoms with Gasteiger partial charge in [-0.3, -0.25) is 9.69 Å². The molecule has 29 heavy (non-hydrogen) atoms. The molecular weight excluding hydrogens is 366 g/mol. The van der Waals surface area contributed by atoms with Crippen molar-refractivity contribution < 1.29 is 9.53 Å². The maximum atomic E-state index is 12.6. The van der Waals surface area contributed by atoms with Crippen molar-refractivity contribution >= 4 is 5.91 Å². The molecule has 0 radical (unpaired) electrons. The number of ether oxygens (including phenoxy) is 1. The summed E-state index contributed by atoms with van der Waals surface area (Å²) in [5, 5.41) is 8.48. The van der Waals surface area contributed by atoms with E-state index in [1.165, 1.54) is 16.7 Å². The molecule has 4 rings (SSSR count). The van der Waals surface area contributed by atoms with Crippen LogP contribution in [0, 0.1) is 13.8 Å². The quantitative estimate of drug-likeness (QED) is 0.776. The minimum absolute atomic E-state index is 0.0192. The second-order valence-corrected chi connectivity index (χ2v) is 8.29. The molecule has 0 saturated carbocycles. The van der Waals surface area contributed by atoms with Gasteiger partial charge in [-0.2, -0.15) is 0 Å². The van der Waals surface area contributed by atoms with E-state index in [9.17, 15) is 4.79 Å². The third-order valence-corrected chi connectivity index (χ3v) is 6.44. The average Bonchev–Trinajstić information content (AvgIpc) is 3.44. The maximum Gasteiger partial charge on any atom is 0.276 e. The summed E-state index contributed by atoms with van der Waals surface area (Å²) in [5.41, 5.74) is 4.32. The van der Waals surface area contributed by atoms with Crippen LogP contribution in [-0.4, -0.2) is 64.0 Å². The van der Waals surface area contributed by atoms with Crippen LogP contribution in [-0.2, 0) is 6.54 Å². The minimum Gasteiger partial charge on any atom is -0.496 e. The van der Waals surface area contributed by atoms with Gasteiger partial charge in [0.1, 0.15) is 5.75 Å². The Morgan fingerprint density at radius 1 is 1.14 bits per heavy atom. The van der Waals surface area contributed by atoms with E-state index < -0.39 is 0 Å². The molecule has 2 saturated heterocycles. The van der Waals surface area contributed by atoms with Crippen molar-refractivity contribution in [2.75, 3.05) is 33.3 Å². The number of likely N-dealkylation sites (tertiary alicyclic amines) is 2. The Hall–Kier alpha value is -2.41. The summed E-state index contributed by atoms with van der Waals surface area (Å²) in [6.07, 6.45) is 6.20. The molecule has 156 valence electrons. The molecule has 3 heterocycles.